The van der Waals surface area contributed by atoms with E-state index >= 15 is 0 Å². The number of ether oxygens (including phenoxy) is 7. The lowest BCUT2D eigenvalue weighted by atomic mass is 10.2. The van der Waals surface area contributed by atoms with E-state index in [4.69, 9.17) is 28.4 Å². The van der Waals surface area contributed by atoms with Gasteiger partial charge in [-0.15, -0.1) is 0 Å². The number of carbonyl (C=O) groups excluding carboxylic acids is 1. The van der Waals surface area contributed by atoms with Crippen LogP contribution in [0.25, 0.3) is 0 Å². The van der Waals surface area contributed by atoms with E-state index in [2.05, 4.69) is 4.74 Å². The Morgan fingerprint density at radius 3 is 1.69 bits per heavy atom. The molecule has 0 radical (unpaired) electrons. The molecule has 1 aliphatic rings. The number of benzene rings is 1. The second-order valence-corrected chi connectivity index (χ2v) is 7.24. The third-order valence-corrected chi connectivity index (χ3v) is 4.62. The quantitative estimate of drug-likeness (QED) is 0.0780. The molecule has 35 heavy (non-hydrogen) atoms. The zero-order valence-electron chi connectivity index (χ0n) is 19.1. The molecular formula is C22H29F5O8. The van der Waals surface area contributed by atoms with Gasteiger partial charge in [-0.3, -0.25) is 4.79 Å². The highest BCUT2D eigenvalue weighted by molar-refractivity contribution is 5.72. The van der Waals surface area contributed by atoms with Crippen LogP contribution in [0.2, 0.25) is 0 Å². The van der Waals surface area contributed by atoms with E-state index in [1.165, 1.54) is 0 Å². The van der Waals surface area contributed by atoms with Crippen LogP contribution in [-0.2, 0) is 33.2 Å². The lowest BCUT2D eigenvalue weighted by Crippen LogP contribution is -2.24. The summed E-state index contributed by atoms with van der Waals surface area (Å²) in [5.41, 5.74) is 0. The molecule has 0 aliphatic carbocycles. The molecule has 1 aromatic rings. The molecule has 0 N–H and O–H groups in total. The number of hydrogen-bond acceptors (Lipinski definition) is 8. The molecule has 1 saturated heterocycles. The summed E-state index contributed by atoms with van der Waals surface area (Å²) in [6.07, 6.45) is 2.48. The molecule has 1 heterocycles. The van der Waals surface area contributed by atoms with Gasteiger partial charge in [-0.2, -0.15) is 8.78 Å². The minimum absolute atomic E-state index is 0.101. The molecule has 8 nitrogen and oxygen atoms in total. The largest absolute Gasteiger partial charge is 0.420 e. The van der Waals surface area contributed by atoms with Crippen molar-refractivity contribution in [1.82, 2.24) is 0 Å². The SMILES string of the molecule is O=C(CCOCCOCCOCCOCCOC1CCCCO1)Oc1c(F)c(F)c(F)c(F)c1F. The highest BCUT2D eigenvalue weighted by Gasteiger charge is 2.28. The van der Waals surface area contributed by atoms with Crippen LogP contribution < -0.4 is 4.74 Å². The first-order chi connectivity index (χ1) is 16.9. The molecule has 0 aromatic heterocycles. The van der Waals surface area contributed by atoms with Gasteiger partial charge in [0.25, 0.3) is 0 Å². The van der Waals surface area contributed by atoms with Crippen LogP contribution in [0.1, 0.15) is 25.7 Å². The lowest BCUT2D eigenvalue weighted by Gasteiger charge is -2.22. The zero-order chi connectivity index (χ0) is 25.5. The fraction of sp³-hybridized carbons (Fsp3) is 0.682. The molecular weight excluding hydrogens is 487 g/mol. The van der Waals surface area contributed by atoms with Gasteiger partial charge in [0.1, 0.15) is 0 Å². The average molecular weight is 516 g/mol. The van der Waals surface area contributed by atoms with Crippen molar-refractivity contribution in [2.24, 2.45) is 0 Å². The summed E-state index contributed by atoms with van der Waals surface area (Å²) in [4.78, 5) is 11.6. The number of rotatable bonds is 17. The topological polar surface area (TPSA) is 81.7 Å². The van der Waals surface area contributed by atoms with Gasteiger partial charge in [-0.1, -0.05) is 0 Å². The van der Waals surface area contributed by atoms with Crippen LogP contribution in [0.5, 0.6) is 5.75 Å². The molecule has 1 unspecified atom stereocenters. The summed E-state index contributed by atoms with van der Waals surface area (Å²) < 4.78 is 102. The van der Waals surface area contributed by atoms with Crippen molar-refractivity contribution in [2.45, 2.75) is 32.0 Å². The minimum Gasteiger partial charge on any atom is -0.420 e. The molecule has 0 amide bonds. The second-order valence-electron chi connectivity index (χ2n) is 7.24. The Morgan fingerprint density at radius 1 is 0.686 bits per heavy atom. The molecule has 2 rings (SSSR count). The van der Waals surface area contributed by atoms with Gasteiger partial charge in [-0.05, 0) is 19.3 Å². The molecule has 0 saturated carbocycles. The summed E-state index contributed by atoms with van der Waals surface area (Å²) >= 11 is 0. The number of carbonyl (C=O) groups is 1. The maximum atomic E-state index is 13.5. The van der Waals surface area contributed by atoms with E-state index in [1.54, 1.807) is 0 Å². The fourth-order valence-corrected chi connectivity index (χ4v) is 2.84. The van der Waals surface area contributed by atoms with E-state index in [0.29, 0.717) is 39.6 Å². The van der Waals surface area contributed by atoms with E-state index < -0.39 is 47.2 Å². The Morgan fingerprint density at radius 2 is 1.17 bits per heavy atom. The summed E-state index contributed by atoms with van der Waals surface area (Å²) in [6.45, 7) is 3.17. The van der Waals surface area contributed by atoms with Crippen molar-refractivity contribution < 1.29 is 59.9 Å². The third kappa shape index (κ3) is 10.7. The van der Waals surface area contributed by atoms with Gasteiger partial charge >= 0.3 is 5.97 Å². The van der Waals surface area contributed by atoms with E-state index in [-0.39, 0.29) is 26.1 Å². The van der Waals surface area contributed by atoms with E-state index in [1.807, 2.05) is 0 Å². The molecule has 1 fully saturated rings. The Bertz CT molecular complexity index is 748. The number of hydrogen-bond donors (Lipinski definition) is 0. The smallest absolute Gasteiger partial charge is 0.313 e. The van der Waals surface area contributed by atoms with E-state index in [9.17, 15) is 26.7 Å². The van der Waals surface area contributed by atoms with Crippen LogP contribution in [0.15, 0.2) is 0 Å². The second kappa shape index (κ2) is 16.7. The molecule has 200 valence electrons. The summed E-state index contributed by atoms with van der Waals surface area (Å²) in [6, 6.07) is 0. The Balaban J connectivity index is 1.39. The zero-order valence-corrected chi connectivity index (χ0v) is 19.1. The van der Waals surface area contributed by atoms with Gasteiger partial charge in [0.2, 0.25) is 34.8 Å². The maximum absolute atomic E-state index is 13.5. The number of esters is 1. The van der Waals surface area contributed by atoms with E-state index in [0.717, 1.165) is 25.9 Å². The monoisotopic (exact) mass is 516 g/mol. The predicted octanol–water partition coefficient (Wildman–Crippen LogP) is 3.29. The summed E-state index contributed by atoms with van der Waals surface area (Å²) in [7, 11) is 0. The van der Waals surface area contributed by atoms with Crippen LogP contribution in [0, 0.1) is 29.1 Å². The summed E-state index contributed by atoms with van der Waals surface area (Å²) in [5.74, 6) is -14.1. The van der Waals surface area contributed by atoms with Crippen LogP contribution in [0.4, 0.5) is 22.0 Å². The first kappa shape index (κ1) is 29.3. The maximum Gasteiger partial charge on any atom is 0.313 e. The third-order valence-electron chi connectivity index (χ3n) is 4.62. The summed E-state index contributed by atoms with van der Waals surface area (Å²) in [5, 5.41) is 0. The lowest BCUT2D eigenvalue weighted by molar-refractivity contribution is -0.169. The number of halogens is 5. The predicted molar refractivity (Wildman–Crippen MR) is 109 cm³/mol. The first-order valence-corrected chi connectivity index (χ1v) is 11.2. The van der Waals surface area contributed by atoms with Gasteiger partial charge in [0, 0.05) is 6.61 Å². The molecule has 1 atom stereocenters. The minimum atomic E-state index is -2.34. The molecule has 0 spiro atoms. The average Bonchev–Trinajstić information content (AvgIpc) is 2.87. The first-order valence-electron chi connectivity index (χ1n) is 11.2. The van der Waals surface area contributed by atoms with Crippen molar-refractivity contribution in [2.75, 3.05) is 66.1 Å². The van der Waals surface area contributed by atoms with Crippen LogP contribution >= 0.6 is 0 Å². The highest BCUT2D eigenvalue weighted by atomic mass is 19.2. The highest BCUT2D eigenvalue weighted by Crippen LogP contribution is 2.29. The Hall–Kier alpha value is -1.90. The Labute approximate surface area is 199 Å². The molecule has 1 aliphatic heterocycles. The fourth-order valence-electron chi connectivity index (χ4n) is 2.84. The van der Waals surface area contributed by atoms with Gasteiger partial charge < -0.3 is 33.2 Å². The van der Waals surface area contributed by atoms with Crippen molar-refractivity contribution in [3.8, 4) is 5.75 Å². The molecule has 0 bridgehead atoms. The van der Waals surface area contributed by atoms with Crippen molar-refractivity contribution >= 4 is 5.97 Å². The van der Waals surface area contributed by atoms with Gasteiger partial charge in [-0.25, -0.2) is 13.2 Å². The van der Waals surface area contributed by atoms with Gasteiger partial charge in [0.05, 0.1) is 65.9 Å². The normalized spacial score (nSPS) is 16.0. The van der Waals surface area contributed by atoms with Crippen LogP contribution in [0.3, 0.4) is 0 Å². The molecule has 1 aromatic carbocycles. The van der Waals surface area contributed by atoms with Crippen molar-refractivity contribution in [3.05, 3.63) is 29.1 Å². The molecule has 13 heteroatoms. The van der Waals surface area contributed by atoms with Crippen molar-refractivity contribution in [3.63, 3.8) is 0 Å². The standard InChI is InChI=1S/C22H29F5O8/c23-17-18(24)20(26)22(21(27)19(17)25)35-15(28)4-6-29-7-8-30-9-10-31-11-12-32-13-14-34-16-3-1-2-5-33-16/h16H,1-14H2. The van der Waals surface area contributed by atoms with Crippen LogP contribution in [-0.4, -0.2) is 78.3 Å². The Kier molecular flexibility index (Phi) is 14.0. The van der Waals surface area contributed by atoms with Gasteiger partial charge in [0.15, 0.2) is 6.29 Å². The van der Waals surface area contributed by atoms with Crippen molar-refractivity contribution in [1.29, 1.82) is 0 Å².